The van der Waals surface area contributed by atoms with Crippen molar-refractivity contribution in [3.8, 4) is 0 Å². The van der Waals surface area contributed by atoms with Crippen LogP contribution in [-0.2, 0) is 0 Å². The van der Waals surface area contributed by atoms with Crippen LogP contribution >= 0.6 is 0 Å². The normalized spacial score (nSPS) is 15.3. The van der Waals surface area contributed by atoms with Crippen LogP contribution in [0.25, 0.3) is 10.8 Å². The summed E-state index contributed by atoms with van der Waals surface area (Å²) in [6, 6.07) is 13.8. The van der Waals surface area contributed by atoms with Crippen LogP contribution in [0.1, 0.15) is 0 Å². The van der Waals surface area contributed by atoms with Gasteiger partial charge in [0.05, 0.1) is 5.69 Å². The molecule has 1 N–H and O–H groups in total. The van der Waals surface area contributed by atoms with Crippen LogP contribution in [0.2, 0.25) is 0 Å². The molecule has 4 rings (SSSR count). The second kappa shape index (κ2) is 7.88. The van der Waals surface area contributed by atoms with E-state index in [-0.39, 0.29) is 5.69 Å². The van der Waals surface area contributed by atoms with Gasteiger partial charge in [0, 0.05) is 50.9 Å². The molecule has 0 bridgehead atoms. The minimum absolute atomic E-state index is 0.216. The summed E-state index contributed by atoms with van der Waals surface area (Å²) in [6.45, 7) is 4.99. The molecule has 6 heteroatoms. The molecular weight excluding hydrogens is 346 g/mol. The van der Waals surface area contributed by atoms with Gasteiger partial charge in [0.25, 0.3) is 0 Å². The number of aromatic nitrogens is 1. The number of hydrogen-bond donors (Lipinski definition) is 1. The molecule has 27 heavy (non-hydrogen) atoms. The van der Waals surface area contributed by atoms with Crippen molar-refractivity contribution in [1.82, 2.24) is 9.88 Å². The summed E-state index contributed by atoms with van der Waals surface area (Å²) in [6.07, 6.45) is 1.86. The Morgan fingerprint density at radius 2 is 1.78 bits per heavy atom. The molecule has 140 valence electrons. The summed E-state index contributed by atoms with van der Waals surface area (Å²) in [7, 11) is 0. The molecule has 0 unspecified atom stereocenters. The fourth-order valence-electron chi connectivity index (χ4n) is 3.52. The lowest BCUT2D eigenvalue weighted by molar-refractivity contribution is 0.267. The third kappa shape index (κ3) is 4.01. The molecule has 1 aliphatic heterocycles. The number of piperazine rings is 1. The van der Waals surface area contributed by atoms with E-state index in [9.17, 15) is 8.78 Å². The average molecular weight is 368 g/mol. The summed E-state index contributed by atoms with van der Waals surface area (Å²) >= 11 is 0. The first kappa shape index (κ1) is 17.7. The van der Waals surface area contributed by atoms with Gasteiger partial charge < -0.3 is 10.2 Å². The molecule has 1 saturated heterocycles. The number of pyridine rings is 1. The summed E-state index contributed by atoms with van der Waals surface area (Å²) in [5, 5.41) is 5.36. The zero-order chi connectivity index (χ0) is 18.6. The summed E-state index contributed by atoms with van der Waals surface area (Å²) < 4.78 is 26.9. The number of nitrogens with zero attached hydrogens (tertiary/aromatic N) is 3. The van der Waals surface area contributed by atoms with Crippen molar-refractivity contribution in [3.63, 3.8) is 0 Å². The van der Waals surface area contributed by atoms with Gasteiger partial charge in [-0.2, -0.15) is 0 Å². The Labute approximate surface area is 157 Å². The molecule has 1 fully saturated rings. The van der Waals surface area contributed by atoms with Crippen LogP contribution in [-0.4, -0.2) is 49.2 Å². The largest absolute Gasteiger partial charge is 0.381 e. The quantitative estimate of drug-likeness (QED) is 0.743. The number of halogens is 2. The number of hydrogen-bond acceptors (Lipinski definition) is 4. The Morgan fingerprint density at radius 3 is 2.63 bits per heavy atom. The van der Waals surface area contributed by atoms with Gasteiger partial charge in [-0.15, -0.1) is 0 Å². The Hall–Kier alpha value is -2.73. The fourth-order valence-corrected chi connectivity index (χ4v) is 3.52. The number of anilines is 2. The van der Waals surface area contributed by atoms with Gasteiger partial charge >= 0.3 is 0 Å². The molecule has 2 heterocycles. The molecule has 0 amide bonds. The van der Waals surface area contributed by atoms with E-state index in [1.807, 2.05) is 24.4 Å². The highest BCUT2D eigenvalue weighted by atomic mass is 19.1. The molecule has 3 aromatic rings. The van der Waals surface area contributed by atoms with Gasteiger partial charge in [0.2, 0.25) is 0 Å². The van der Waals surface area contributed by atoms with Crippen molar-refractivity contribution in [2.45, 2.75) is 0 Å². The number of rotatable bonds is 5. The lowest BCUT2D eigenvalue weighted by Gasteiger charge is -2.35. The maximum atomic E-state index is 13.6. The minimum atomic E-state index is -0.435. The van der Waals surface area contributed by atoms with E-state index in [2.05, 4.69) is 32.2 Å². The lowest BCUT2D eigenvalue weighted by Crippen LogP contribution is -2.48. The van der Waals surface area contributed by atoms with Crippen LogP contribution in [0.4, 0.5) is 20.3 Å². The van der Waals surface area contributed by atoms with E-state index in [0.29, 0.717) is 6.54 Å². The monoisotopic (exact) mass is 368 g/mol. The highest BCUT2D eigenvalue weighted by Crippen LogP contribution is 2.25. The molecule has 0 radical (unpaired) electrons. The molecule has 1 aliphatic rings. The molecule has 2 aromatic carbocycles. The van der Waals surface area contributed by atoms with Crippen molar-refractivity contribution in [3.05, 3.63) is 66.4 Å². The van der Waals surface area contributed by atoms with E-state index >= 15 is 0 Å². The highest BCUT2D eigenvalue weighted by Gasteiger charge is 2.19. The van der Waals surface area contributed by atoms with E-state index in [0.717, 1.165) is 50.7 Å². The molecule has 0 saturated carbocycles. The van der Waals surface area contributed by atoms with Gasteiger partial charge in [-0.3, -0.25) is 4.90 Å². The first-order chi connectivity index (χ1) is 13.2. The van der Waals surface area contributed by atoms with Crippen LogP contribution in [0.3, 0.4) is 0 Å². The lowest BCUT2D eigenvalue weighted by atomic mass is 10.1. The van der Waals surface area contributed by atoms with Crippen molar-refractivity contribution >= 4 is 22.3 Å². The van der Waals surface area contributed by atoms with Crippen molar-refractivity contribution in [2.75, 3.05) is 49.5 Å². The maximum absolute atomic E-state index is 13.6. The number of nitrogens with one attached hydrogen (secondary N) is 1. The van der Waals surface area contributed by atoms with Crippen LogP contribution in [0.5, 0.6) is 0 Å². The van der Waals surface area contributed by atoms with Gasteiger partial charge in [0.15, 0.2) is 0 Å². The second-order valence-electron chi connectivity index (χ2n) is 6.74. The molecule has 0 aliphatic carbocycles. The van der Waals surface area contributed by atoms with Gasteiger partial charge in [0.1, 0.15) is 17.5 Å². The first-order valence-electron chi connectivity index (χ1n) is 9.21. The van der Waals surface area contributed by atoms with Crippen LogP contribution < -0.4 is 10.2 Å². The Kier molecular flexibility index (Phi) is 5.16. The third-order valence-corrected chi connectivity index (χ3v) is 5.00. The van der Waals surface area contributed by atoms with Crippen molar-refractivity contribution in [2.24, 2.45) is 0 Å². The predicted octanol–water partition coefficient (Wildman–Crippen LogP) is 3.75. The van der Waals surface area contributed by atoms with Crippen LogP contribution in [0, 0.1) is 11.6 Å². The van der Waals surface area contributed by atoms with E-state index in [1.165, 1.54) is 16.8 Å². The second-order valence-corrected chi connectivity index (χ2v) is 6.74. The Balaban J connectivity index is 1.32. The fraction of sp³-hybridized carbons (Fsp3) is 0.286. The van der Waals surface area contributed by atoms with Crippen molar-refractivity contribution < 1.29 is 8.78 Å². The Morgan fingerprint density at radius 1 is 0.963 bits per heavy atom. The van der Waals surface area contributed by atoms with E-state index in [1.54, 1.807) is 0 Å². The third-order valence-electron chi connectivity index (χ3n) is 5.00. The van der Waals surface area contributed by atoms with Gasteiger partial charge in [-0.05, 0) is 29.7 Å². The summed E-state index contributed by atoms with van der Waals surface area (Å²) in [4.78, 5) is 9.24. The predicted molar refractivity (Wildman–Crippen MR) is 105 cm³/mol. The van der Waals surface area contributed by atoms with Crippen LogP contribution in [0.15, 0.2) is 54.7 Å². The number of benzene rings is 2. The zero-order valence-corrected chi connectivity index (χ0v) is 15.0. The topological polar surface area (TPSA) is 31.4 Å². The van der Waals surface area contributed by atoms with Crippen molar-refractivity contribution in [1.29, 1.82) is 0 Å². The molecule has 0 atom stereocenters. The molecule has 0 spiro atoms. The minimum Gasteiger partial charge on any atom is -0.381 e. The molecule has 4 nitrogen and oxygen atoms in total. The highest BCUT2D eigenvalue weighted by molar-refractivity contribution is 5.92. The maximum Gasteiger partial charge on any atom is 0.146 e. The molecule has 1 aromatic heterocycles. The number of fused-ring (bicyclic) bond motifs is 1. The van der Waals surface area contributed by atoms with Gasteiger partial charge in [-0.1, -0.05) is 24.3 Å². The van der Waals surface area contributed by atoms with Gasteiger partial charge in [-0.25, -0.2) is 13.8 Å². The summed E-state index contributed by atoms with van der Waals surface area (Å²) in [5.74, 6) is 0.172. The van der Waals surface area contributed by atoms with E-state index < -0.39 is 11.6 Å². The summed E-state index contributed by atoms with van der Waals surface area (Å²) in [5.41, 5.74) is 0.216. The average Bonchev–Trinajstić information content (AvgIpc) is 2.71. The SMILES string of the molecule is Fc1ccc(F)c(NCCN2CCN(c3nccc4ccccc34)CC2)c1. The standard InChI is InChI=1S/C21H22F2N4/c22-17-5-6-19(23)20(15-17)24-9-10-26-11-13-27(14-12-26)21-18-4-2-1-3-16(18)7-8-25-21/h1-8,15,24H,9-14H2. The smallest absolute Gasteiger partial charge is 0.146 e. The van der Waals surface area contributed by atoms with E-state index in [4.69, 9.17) is 0 Å². The first-order valence-corrected chi connectivity index (χ1v) is 9.21. The molecular formula is C21H22F2N4. The zero-order valence-electron chi connectivity index (χ0n) is 15.0. The Bertz CT molecular complexity index is 918.